The van der Waals surface area contributed by atoms with Gasteiger partial charge in [-0.2, -0.15) is 0 Å². The Kier molecular flexibility index (Phi) is 4.68. The van der Waals surface area contributed by atoms with Crippen molar-refractivity contribution in [3.8, 4) is 0 Å². The third-order valence-corrected chi connectivity index (χ3v) is 3.34. The van der Waals surface area contributed by atoms with Crippen molar-refractivity contribution in [2.75, 3.05) is 13.2 Å². The molecule has 2 atom stereocenters. The third kappa shape index (κ3) is 3.89. The molecule has 0 spiro atoms. The van der Waals surface area contributed by atoms with E-state index in [1.54, 1.807) is 0 Å². The van der Waals surface area contributed by atoms with Gasteiger partial charge in [-0.3, -0.25) is 9.59 Å². The van der Waals surface area contributed by atoms with Crippen LogP contribution in [0.25, 0.3) is 0 Å². The first kappa shape index (κ1) is 13.7. The van der Waals surface area contributed by atoms with Gasteiger partial charge < -0.3 is 10.1 Å². The predicted octanol–water partition coefficient (Wildman–Crippen LogP) is 1.86. The maximum absolute atomic E-state index is 12.0. The summed E-state index contributed by atoms with van der Waals surface area (Å²) in [5, 5.41) is 2.82. The Morgan fingerprint density at radius 1 is 1.37 bits per heavy atom. The van der Waals surface area contributed by atoms with Gasteiger partial charge in [0, 0.05) is 19.6 Å². The zero-order chi connectivity index (χ0) is 13.7. The number of Topliss-reactive ketones (excluding diaryl/α,β-unsaturated/α-hetero) is 1. The van der Waals surface area contributed by atoms with Gasteiger partial charge >= 0.3 is 0 Å². The predicted molar refractivity (Wildman–Crippen MR) is 71.5 cm³/mol. The molecular weight excluding hydrogens is 242 g/mol. The lowest BCUT2D eigenvalue weighted by Gasteiger charge is -2.17. The van der Waals surface area contributed by atoms with E-state index in [2.05, 4.69) is 5.32 Å². The Balaban J connectivity index is 1.97. The number of nitrogens with one attached hydrogen (secondary N) is 1. The molecule has 1 unspecified atom stereocenters. The van der Waals surface area contributed by atoms with Gasteiger partial charge in [0.15, 0.2) is 5.78 Å². The van der Waals surface area contributed by atoms with Crippen molar-refractivity contribution < 1.29 is 14.3 Å². The van der Waals surface area contributed by atoms with Gasteiger partial charge in [-0.1, -0.05) is 30.3 Å². The second-order valence-corrected chi connectivity index (χ2v) is 4.96. The topological polar surface area (TPSA) is 55.4 Å². The van der Waals surface area contributed by atoms with Gasteiger partial charge in [0.2, 0.25) is 5.91 Å². The average Bonchev–Trinajstić information content (AvgIpc) is 2.89. The molecule has 1 aliphatic rings. The number of ketones is 1. The number of carbonyl (C=O) groups excluding carboxylic acids is 2. The fourth-order valence-electron chi connectivity index (χ4n) is 2.29. The normalized spacial score (nSPS) is 19.9. The van der Waals surface area contributed by atoms with E-state index in [0.29, 0.717) is 13.0 Å². The molecule has 1 aromatic carbocycles. The zero-order valence-electron chi connectivity index (χ0n) is 11.1. The lowest BCUT2D eigenvalue weighted by Crippen LogP contribution is -2.33. The molecule has 102 valence electrons. The molecule has 1 aliphatic heterocycles. The first-order valence-electron chi connectivity index (χ1n) is 6.59. The molecule has 1 aromatic rings. The van der Waals surface area contributed by atoms with Gasteiger partial charge in [-0.05, 0) is 24.8 Å². The lowest BCUT2D eigenvalue weighted by molar-refractivity contribution is -0.127. The van der Waals surface area contributed by atoms with Crippen molar-refractivity contribution in [1.29, 1.82) is 0 Å². The quantitative estimate of drug-likeness (QED) is 0.880. The number of hydrogen-bond donors (Lipinski definition) is 1. The lowest BCUT2D eigenvalue weighted by atomic mass is 10.0. The van der Waals surface area contributed by atoms with E-state index in [0.717, 1.165) is 18.6 Å². The summed E-state index contributed by atoms with van der Waals surface area (Å²) in [6.07, 6.45) is 1.35. The fourth-order valence-corrected chi connectivity index (χ4v) is 2.29. The van der Waals surface area contributed by atoms with Crippen LogP contribution in [0.3, 0.4) is 0 Å². The summed E-state index contributed by atoms with van der Waals surface area (Å²) in [5.41, 5.74) is 0.825. The van der Waals surface area contributed by atoms with E-state index in [-0.39, 0.29) is 17.6 Å². The van der Waals surface area contributed by atoms with Crippen LogP contribution in [0.1, 0.15) is 31.4 Å². The van der Waals surface area contributed by atoms with E-state index in [1.807, 2.05) is 30.3 Å². The summed E-state index contributed by atoms with van der Waals surface area (Å²) < 4.78 is 5.25. The molecule has 19 heavy (non-hydrogen) atoms. The molecule has 1 heterocycles. The summed E-state index contributed by atoms with van der Waals surface area (Å²) in [6, 6.07) is 8.77. The van der Waals surface area contributed by atoms with Gasteiger partial charge in [0.05, 0.1) is 0 Å². The summed E-state index contributed by atoms with van der Waals surface area (Å²) in [6.45, 7) is 2.87. The van der Waals surface area contributed by atoms with Crippen molar-refractivity contribution in [3.05, 3.63) is 35.9 Å². The Bertz CT molecular complexity index is 438. The minimum Gasteiger partial charge on any atom is -0.381 e. The number of hydrogen-bond acceptors (Lipinski definition) is 3. The highest BCUT2D eigenvalue weighted by Crippen LogP contribution is 2.18. The van der Waals surface area contributed by atoms with Crippen molar-refractivity contribution in [1.82, 2.24) is 5.32 Å². The average molecular weight is 261 g/mol. The van der Waals surface area contributed by atoms with Crippen LogP contribution in [-0.2, 0) is 14.3 Å². The van der Waals surface area contributed by atoms with Crippen LogP contribution in [0.15, 0.2) is 30.3 Å². The third-order valence-electron chi connectivity index (χ3n) is 3.34. The van der Waals surface area contributed by atoms with Gasteiger partial charge in [-0.15, -0.1) is 0 Å². The molecule has 1 fully saturated rings. The molecule has 4 nitrogen and oxygen atoms in total. The van der Waals surface area contributed by atoms with Crippen molar-refractivity contribution in [2.45, 2.75) is 25.8 Å². The molecule has 4 heteroatoms. The monoisotopic (exact) mass is 261 g/mol. The second-order valence-electron chi connectivity index (χ2n) is 4.96. The Morgan fingerprint density at radius 3 is 2.68 bits per heavy atom. The van der Waals surface area contributed by atoms with Gasteiger partial charge in [-0.25, -0.2) is 0 Å². The van der Waals surface area contributed by atoms with Crippen LogP contribution in [0, 0.1) is 5.92 Å². The molecular formula is C15H19NO3. The van der Waals surface area contributed by atoms with E-state index >= 15 is 0 Å². The number of ether oxygens (including phenoxy) is 1. The smallest absolute Gasteiger partial charge is 0.221 e. The molecule has 0 aliphatic carbocycles. The molecule has 2 rings (SSSR count). The zero-order valence-corrected chi connectivity index (χ0v) is 11.1. The number of amides is 1. The highest BCUT2D eigenvalue weighted by molar-refractivity contribution is 5.88. The number of carbonyl (C=O) groups is 2. The van der Waals surface area contributed by atoms with Crippen LogP contribution in [-0.4, -0.2) is 24.9 Å². The molecule has 1 N–H and O–H groups in total. The summed E-state index contributed by atoms with van der Waals surface area (Å²) in [5.74, 6) is 0.144. The number of benzene rings is 1. The van der Waals surface area contributed by atoms with Crippen LogP contribution < -0.4 is 5.32 Å². The van der Waals surface area contributed by atoms with E-state index < -0.39 is 6.04 Å². The minimum absolute atomic E-state index is 0.0535. The first-order chi connectivity index (χ1) is 9.16. The Hall–Kier alpha value is -1.68. The molecule has 0 bridgehead atoms. The van der Waals surface area contributed by atoms with E-state index in [1.165, 1.54) is 6.92 Å². The largest absolute Gasteiger partial charge is 0.381 e. The standard InChI is InChI=1S/C15H19NO3/c1-11(17)15(13-5-3-2-4-6-13)16-14(18)9-12-7-8-19-10-12/h2-6,12,15H,7-10H2,1H3,(H,16,18)/t12?,15-/m0/s1. The SMILES string of the molecule is CC(=O)[C@H](NC(=O)CC1CCOC1)c1ccccc1. The highest BCUT2D eigenvalue weighted by atomic mass is 16.5. The maximum atomic E-state index is 12.0. The molecule has 1 amide bonds. The van der Waals surface area contributed by atoms with Crippen LogP contribution >= 0.6 is 0 Å². The Labute approximate surface area is 113 Å². The Morgan fingerprint density at radius 2 is 2.11 bits per heavy atom. The van der Waals surface area contributed by atoms with Crippen LogP contribution in [0.5, 0.6) is 0 Å². The van der Waals surface area contributed by atoms with E-state index in [9.17, 15) is 9.59 Å². The molecule has 0 radical (unpaired) electrons. The fraction of sp³-hybridized carbons (Fsp3) is 0.467. The van der Waals surface area contributed by atoms with Crippen LogP contribution in [0.4, 0.5) is 0 Å². The maximum Gasteiger partial charge on any atom is 0.221 e. The molecule has 0 aromatic heterocycles. The second kappa shape index (κ2) is 6.48. The molecule has 0 saturated carbocycles. The highest BCUT2D eigenvalue weighted by Gasteiger charge is 2.23. The first-order valence-corrected chi connectivity index (χ1v) is 6.59. The summed E-state index contributed by atoms with van der Waals surface area (Å²) in [4.78, 5) is 23.6. The summed E-state index contributed by atoms with van der Waals surface area (Å²) >= 11 is 0. The van der Waals surface area contributed by atoms with Gasteiger partial charge in [0.25, 0.3) is 0 Å². The van der Waals surface area contributed by atoms with E-state index in [4.69, 9.17) is 4.74 Å². The summed E-state index contributed by atoms with van der Waals surface area (Å²) in [7, 11) is 0. The van der Waals surface area contributed by atoms with Crippen molar-refractivity contribution in [2.24, 2.45) is 5.92 Å². The van der Waals surface area contributed by atoms with Crippen molar-refractivity contribution >= 4 is 11.7 Å². The van der Waals surface area contributed by atoms with Crippen LogP contribution in [0.2, 0.25) is 0 Å². The number of rotatable bonds is 5. The van der Waals surface area contributed by atoms with Gasteiger partial charge in [0.1, 0.15) is 6.04 Å². The minimum atomic E-state index is -0.545. The van der Waals surface area contributed by atoms with Crippen molar-refractivity contribution in [3.63, 3.8) is 0 Å². The molecule has 1 saturated heterocycles.